The van der Waals surface area contributed by atoms with Crippen LogP contribution in [0, 0.1) is 5.92 Å². The average molecular weight is 459 g/mol. The van der Waals surface area contributed by atoms with E-state index in [1.165, 1.54) is 0 Å². The number of benzene rings is 1. The van der Waals surface area contributed by atoms with Gasteiger partial charge in [-0.05, 0) is 50.3 Å². The van der Waals surface area contributed by atoms with E-state index in [2.05, 4.69) is 34.7 Å². The summed E-state index contributed by atoms with van der Waals surface area (Å²) < 4.78 is 7.29. The first-order valence-electron chi connectivity index (χ1n) is 10.6. The molecule has 170 valence electrons. The number of imidazole rings is 1. The Hall–Kier alpha value is -1.34. The van der Waals surface area contributed by atoms with Crippen LogP contribution in [0.4, 0.5) is 0 Å². The van der Waals surface area contributed by atoms with Crippen molar-refractivity contribution in [1.29, 1.82) is 0 Å². The van der Waals surface area contributed by atoms with E-state index in [4.69, 9.17) is 9.72 Å². The number of unbranched alkanes of at least 4 members (excludes halogenated alkanes) is 1. The Kier molecular flexibility index (Phi) is 11.7. The summed E-state index contributed by atoms with van der Waals surface area (Å²) in [7, 11) is 1.73. The molecule has 1 fully saturated rings. The fourth-order valence-corrected chi connectivity index (χ4v) is 4.00. The zero-order valence-electron chi connectivity index (χ0n) is 18.3. The van der Waals surface area contributed by atoms with E-state index in [0.29, 0.717) is 11.7 Å². The van der Waals surface area contributed by atoms with Crippen LogP contribution in [-0.4, -0.2) is 59.8 Å². The lowest BCUT2D eigenvalue weighted by Gasteiger charge is -2.35. The molecule has 8 heteroatoms. The molecule has 1 aromatic heterocycles. The maximum Gasteiger partial charge on any atom is 0.290 e. The number of carbonyl (C=O) groups excluding carboxylic acids is 1. The second-order valence-corrected chi connectivity index (χ2v) is 8.13. The van der Waals surface area contributed by atoms with Gasteiger partial charge in [0.1, 0.15) is 0 Å². The third-order valence-electron chi connectivity index (χ3n) is 5.36. The summed E-state index contributed by atoms with van der Waals surface area (Å²) in [6.07, 6.45) is 4.10. The highest BCUT2D eigenvalue weighted by molar-refractivity contribution is 5.95. The summed E-state index contributed by atoms with van der Waals surface area (Å²) in [6.45, 7) is 8.53. The van der Waals surface area contributed by atoms with Crippen LogP contribution in [0.5, 0.6) is 0 Å². The number of para-hydroxylation sites is 2. The minimum absolute atomic E-state index is 0. The highest BCUT2D eigenvalue weighted by Crippen LogP contribution is 2.21. The van der Waals surface area contributed by atoms with Crippen LogP contribution in [0.3, 0.4) is 0 Å². The number of halogens is 2. The fourth-order valence-electron chi connectivity index (χ4n) is 4.00. The molecule has 1 aromatic carbocycles. The van der Waals surface area contributed by atoms with Gasteiger partial charge in [0.05, 0.1) is 11.0 Å². The third kappa shape index (κ3) is 6.58. The number of hydrogen-bond donors (Lipinski definition) is 1. The lowest BCUT2D eigenvalue weighted by Crippen LogP contribution is -2.50. The molecule has 1 amide bonds. The number of aromatic nitrogens is 2. The van der Waals surface area contributed by atoms with Gasteiger partial charge in [-0.15, -0.1) is 24.8 Å². The Bertz CT molecular complexity index is 776. The summed E-state index contributed by atoms with van der Waals surface area (Å²) in [5, 5.41) is 3.45. The Morgan fingerprint density at radius 3 is 2.73 bits per heavy atom. The van der Waals surface area contributed by atoms with E-state index < -0.39 is 0 Å². The second-order valence-electron chi connectivity index (χ2n) is 8.13. The smallest absolute Gasteiger partial charge is 0.290 e. The number of rotatable bonds is 9. The molecule has 6 nitrogen and oxygen atoms in total. The van der Waals surface area contributed by atoms with Gasteiger partial charge in [-0.1, -0.05) is 26.0 Å². The Morgan fingerprint density at radius 2 is 2.07 bits per heavy atom. The number of hydrogen-bond acceptors (Lipinski definition) is 4. The number of amides is 1. The van der Waals surface area contributed by atoms with Gasteiger partial charge in [0.15, 0.2) is 5.82 Å². The summed E-state index contributed by atoms with van der Waals surface area (Å²) in [6, 6.07) is 8.29. The molecule has 2 aromatic rings. The highest BCUT2D eigenvalue weighted by atomic mass is 35.5. The predicted octanol–water partition coefficient (Wildman–Crippen LogP) is 4.16. The van der Waals surface area contributed by atoms with Crippen LogP contribution in [0.2, 0.25) is 0 Å². The van der Waals surface area contributed by atoms with Gasteiger partial charge >= 0.3 is 0 Å². The number of nitrogens with zero attached hydrogens (tertiary/aromatic N) is 3. The average Bonchev–Trinajstić information content (AvgIpc) is 3.08. The zero-order chi connectivity index (χ0) is 19.9. The zero-order valence-corrected chi connectivity index (χ0v) is 19.9. The molecule has 1 saturated heterocycles. The van der Waals surface area contributed by atoms with Gasteiger partial charge in [-0.3, -0.25) is 4.79 Å². The Labute approximate surface area is 192 Å². The Morgan fingerprint density at radius 1 is 1.30 bits per heavy atom. The van der Waals surface area contributed by atoms with Crippen LogP contribution in [0.25, 0.3) is 11.0 Å². The molecular weight excluding hydrogens is 423 g/mol. The molecule has 0 saturated carbocycles. The van der Waals surface area contributed by atoms with Crippen molar-refractivity contribution in [2.45, 2.75) is 52.1 Å². The normalized spacial score (nSPS) is 16.2. The number of aryl methyl sites for hydroxylation is 1. The molecule has 1 aliphatic rings. The van der Waals surface area contributed by atoms with E-state index in [1.807, 2.05) is 18.2 Å². The second kappa shape index (κ2) is 13.2. The van der Waals surface area contributed by atoms with Crippen molar-refractivity contribution in [2.24, 2.45) is 5.92 Å². The number of fused-ring (bicyclic) bond motifs is 1. The molecule has 1 aliphatic heterocycles. The van der Waals surface area contributed by atoms with E-state index in [0.717, 1.165) is 69.5 Å². The summed E-state index contributed by atoms with van der Waals surface area (Å²) in [5.41, 5.74) is 1.93. The lowest BCUT2D eigenvalue weighted by atomic mass is 10.0. The van der Waals surface area contributed by atoms with Crippen molar-refractivity contribution in [3.05, 3.63) is 30.1 Å². The molecule has 3 rings (SSSR count). The number of carbonyl (C=O) groups is 1. The van der Waals surface area contributed by atoms with Crippen LogP contribution in [0.15, 0.2) is 24.3 Å². The van der Waals surface area contributed by atoms with E-state index in [9.17, 15) is 4.79 Å². The van der Waals surface area contributed by atoms with Crippen LogP contribution >= 0.6 is 24.8 Å². The van der Waals surface area contributed by atoms with Crippen LogP contribution < -0.4 is 5.32 Å². The number of methoxy groups -OCH3 is 1. The van der Waals surface area contributed by atoms with Crippen molar-refractivity contribution in [3.8, 4) is 0 Å². The molecule has 0 aliphatic carbocycles. The first kappa shape index (κ1) is 26.7. The van der Waals surface area contributed by atoms with Crippen molar-refractivity contribution in [2.75, 3.05) is 33.4 Å². The minimum Gasteiger partial charge on any atom is -0.385 e. The van der Waals surface area contributed by atoms with Crippen LogP contribution in [-0.2, 0) is 11.3 Å². The maximum absolute atomic E-state index is 13.6. The van der Waals surface area contributed by atoms with E-state index in [-0.39, 0.29) is 36.8 Å². The molecule has 0 unspecified atom stereocenters. The standard InChI is InChI=1S/C22H34N4O2.2ClH/c1-17(2)16-26(18-9-8-12-23-15-18)22(27)21-24-19-10-4-5-11-20(19)25(21)13-6-7-14-28-3;;/h4-5,10-11,17-18,23H,6-9,12-16H2,1-3H3;2*1H/t18-;;/m0../s1. The van der Waals surface area contributed by atoms with Crippen molar-refractivity contribution < 1.29 is 9.53 Å². The van der Waals surface area contributed by atoms with Gasteiger partial charge < -0.3 is 19.5 Å². The number of nitrogens with one attached hydrogen (secondary N) is 1. The van der Waals surface area contributed by atoms with E-state index >= 15 is 0 Å². The summed E-state index contributed by atoms with van der Waals surface area (Å²) in [5.74, 6) is 1.06. The summed E-state index contributed by atoms with van der Waals surface area (Å²) >= 11 is 0. The molecule has 1 atom stereocenters. The largest absolute Gasteiger partial charge is 0.385 e. The molecule has 1 N–H and O–H groups in total. The first-order chi connectivity index (χ1) is 13.6. The van der Waals surface area contributed by atoms with Crippen molar-refractivity contribution in [1.82, 2.24) is 19.8 Å². The van der Waals surface area contributed by atoms with Gasteiger partial charge in [0.2, 0.25) is 0 Å². The number of piperidine rings is 1. The lowest BCUT2D eigenvalue weighted by molar-refractivity contribution is 0.0603. The summed E-state index contributed by atoms with van der Waals surface area (Å²) in [4.78, 5) is 20.5. The topological polar surface area (TPSA) is 59.4 Å². The Balaban J connectivity index is 0.00000225. The SMILES string of the molecule is COCCCCn1c(C(=O)N(CC(C)C)[C@H]2CCCNC2)nc2ccccc21.Cl.Cl. The monoisotopic (exact) mass is 458 g/mol. The van der Waals surface area contributed by atoms with Gasteiger partial charge in [0, 0.05) is 39.4 Å². The van der Waals surface area contributed by atoms with Gasteiger partial charge in [-0.2, -0.15) is 0 Å². The molecule has 0 spiro atoms. The highest BCUT2D eigenvalue weighted by Gasteiger charge is 2.30. The predicted molar refractivity (Wildman–Crippen MR) is 127 cm³/mol. The van der Waals surface area contributed by atoms with E-state index in [1.54, 1.807) is 7.11 Å². The molecular formula is C22H36Cl2N4O2. The first-order valence-corrected chi connectivity index (χ1v) is 10.6. The molecule has 2 heterocycles. The maximum atomic E-state index is 13.6. The fraction of sp³-hybridized carbons (Fsp3) is 0.636. The van der Waals surface area contributed by atoms with Gasteiger partial charge in [-0.25, -0.2) is 4.98 Å². The molecule has 30 heavy (non-hydrogen) atoms. The minimum atomic E-state index is 0. The quantitative estimate of drug-likeness (QED) is 0.573. The van der Waals surface area contributed by atoms with Gasteiger partial charge in [0.25, 0.3) is 5.91 Å². The third-order valence-corrected chi connectivity index (χ3v) is 5.36. The molecule has 0 bridgehead atoms. The van der Waals surface area contributed by atoms with Crippen molar-refractivity contribution >= 4 is 41.8 Å². The van der Waals surface area contributed by atoms with Crippen LogP contribution in [0.1, 0.15) is 50.1 Å². The number of ether oxygens (including phenoxy) is 1. The molecule has 0 radical (unpaired) electrons. The van der Waals surface area contributed by atoms with Crippen molar-refractivity contribution in [3.63, 3.8) is 0 Å².